The summed E-state index contributed by atoms with van der Waals surface area (Å²) in [5.74, 6) is 2.51. The van der Waals surface area contributed by atoms with Gasteiger partial charge in [-0.2, -0.15) is 0 Å². The summed E-state index contributed by atoms with van der Waals surface area (Å²) >= 11 is 0. The van der Waals surface area contributed by atoms with Crippen molar-refractivity contribution in [3.05, 3.63) is 12.2 Å². The molecular formula is C15H28N+. The van der Waals surface area contributed by atoms with Crippen LogP contribution in [-0.4, -0.2) is 32.2 Å². The minimum atomic E-state index is 0.526. The van der Waals surface area contributed by atoms with Crippen molar-refractivity contribution in [1.82, 2.24) is 0 Å². The van der Waals surface area contributed by atoms with Crippen LogP contribution in [0.25, 0.3) is 0 Å². The third-order valence-corrected chi connectivity index (χ3v) is 5.06. The Labute approximate surface area is 101 Å². The first kappa shape index (κ1) is 12.2. The van der Waals surface area contributed by atoms with Crippen LogP contribution in [0.5, 0.6) is 0 Å². The minimum absolute atomic E-state index is 0.526. The Hall–Kier alpha value is -0.300. The highest BCUT2D eigenvalue weighted by Gasteiger charge is 2.50. The lowest BCUT2D eigenvalue weighted by Crippen LogP contribution is -2.44. The number of nitrogens with zero attached hydrogens (tertiary/aromatic N) is 1. The highest BCUT2D eigenvalue weighted by Crippen LogP contribution is 2.58. The molecule has 0 aromatic rings. The van der Waals surface area contributed by atoms with Crippen LogP contribution in [0.15, 0.2) is 12.2 Å². The van der Waals surface area contributed by atoms with Crippen molar-refractivity contribution >= 4 is 0 Å². The largest absolute Gasteiger partial charge is 0.330 e. The van der Waals surface area contributed by atoms with Gasteiger partial charge in [-0.15, -0.1) is 0 Å². The van der Waals surface area contributed by atoms with Gasteiger partial charge in [0, 0.05) is 5.92 Å². The molecule has 0 unspecified atom stereocenters. The van der Waals surface area contributed by atoms with E-state index >= 15 is 0 Å². The van der Waals surface area contributed by atoms with E-state index in [2.05, 4.69) is 41.6 Å². The monoisotopic (exact) mass is 222 g/mol. The van der Waals surface area contributed by atoms with Gasteiger partial charge in [-0.1, -0.05) is 26.0 Å². The maximum Gasteiger partial charge on any atom is 0.0846 e. The molecule has 1 heteroatoms. The van der Waals surface area contributed by atoms with Gasteiger partial charge in [-0.3, -0.25) is 0 Å². The summed E-state index contributed by atoms with van der Waals surface area (Å²) in [5.41, 5.74) is 2.09. The Morgan fingerprint density at radius 3 is 2.44 bits per heavy atom. The predicted molar refractivity (Wildman–Crippen MR) is 70.1 cm³/mol. The topological polar surface area (TPSA) is 0 Å². The minimum Gasteiger partial charge on any atom is -0.330 e. The number of hydrogen-bond donors (Lipinski definition) is 0. The van der Waals surface area contributed by atoms with Crippen LogP contribution in [0.1, 0.15) is 33.1 Å². The van der Waals surface area contributed by atoms with Crippen molar-refractivity contribution in [1.29, 1.82) is 0 Å². The van der Waals surface area contributed by atoms with E-state index in [1.165, 1.54) is 25.8 Å². The van der Waals surface area contributed by atoms with Crippen molar-refractivity contribution in [2.45, 2.75) is 33.1 Å². The normalized spacial score (nSPS) is 37.8. The third kappa shape index (κ3) is 1.95. The van der Waals surface area contributed by atoms with Gasteiger partial charge in [-0.05, 0) is 36.5 Å². The van der Waals surface area contributed by atoms with Crippen molar-refractivity contribution in [2.75, 3.05) is 27.7 Å². The molecule has 16 heavy (non-hydrogen) atoms. The lowest BCUT2D eigenvalue weighted by molar-refractivity contribution is -0.873. The first-order valence-corrected chi connectivity index (χ1v) is 6.71. The standard InChI is InChI=1S/C15H28N/c1-11-12(10-16(4,5)6)9-13-7-8-14(11)15(13,2)3/h12-14H,1,7-10H2,2-6H3/q+1/t12-,13-,14-/m1/s1. The molecule has 2 fully saturated rings. The molecular weight excluding hydrogens is 194 g/mol. The van der Waals surface area contributed by atoms with Crippen LogP contribution in [0.3, 0.4) is 0 Å². The van der Waals surface area contributed by atoms with Crippen LogP contribution in [0, 0.1) is 23.2 Å². The van der Waals surface area contributed by atoms with Crippen molar-refractivity contribution in [2.24, 2.45) is 23.2 Å². The third-order valence-electron chi connectivity index (χ3n) is 5.06. The fourth-order valence-corrected chi connectivity index (χ4v) is 4.11. The summed E-state index contributed by atoms with van der Waals surface area (Å²) in [4.78, 5) is 0. The Morgan fingerprint density at radius 1 is 1.25 bits per heavy atom. The van der Waals surface area contributed by atoms with Crippen molar-refractivity contribution < 1.29 is 4.48 Å². The van der Waals surface area contributed by atoms with Gasteiger partial charge < -0.3 is 4.48 Å². The molecule has 0 spiro atoms. The summed E-state index contributed by atoms with van der Waals surface area (Å²) in [6, 6.07) is 0. The highest BCUT2D eigenvalue weighted by molar-refractivity contribution is 5.18. The predicted octanol–water partition coefficient (Wildman–Crippen LogP) is 3.32. The van der Waals surface area contributed by atoms with Gasteiger partial charge in [0.1, 0.15) is 0 Å². The molecule has 0 aromatic heterocycles. The summed E-state index contributed by atoms with van der Waals surface area (Å²) in [6.07, 6.45) is 4.21. The Kier molecular flexibility index (Phi) is 2.73. The van der Waals surface area contributed by atoms with Crippen LogP contribution < -0.4 is 0 Å². The molecule has 2 saturated carbocycles. The molecule has 2 bridgehead atoms. The van der Waals surface area contributed by atoms with E-state index in [0.29, 0.717) is 5.41 Å². The fourth-order valence-electron chi connectivity index (χ4n) is 4.11. The van der Waals surface area contributed by atoms with Gasteiger partial charge in [0.2, 0.25) is 0 Å². The first-order valence-electron chi connectivity index (χ1n) is 6.71. The van der Waals surface area contributed by atoms with Crippen LogP contribution >= 0.6 is 0 Å². The second kappa shape index (κ2) is 3.60. The molecule has 2 rings (SSSR count). The first-order chi connectivity index (χ1) is 7.22. The second-order valence-corrected chi connectivity index (χ2v) is 7.63. The molecule has 3 atom stereocenters. The molecule has 0 N–H and O–H groups in total. The highest BCUT2D eigenvalue weighted by atomic mass is 15.3. The number of hydrogen-bond acceptors (Lipinski definition) is 0. The Morgan fingerprint density at radius 2 is 1.88 bits per heavy atom. The average Bonchev–Trinajstić information content (AvgIpc) is 2.27. The lowest BCUT2D eigenvalue weighted by atomic mass is 9.62. The molecule has 92 valence electrons. The smallest absolute Gasteiger partial charge is 0.0846 e. The van der Waals surface area contributed by atoms with E-state index in [1.807, 2.05) is 0 Å². The zero-order valence-electron chi connectivity index (χ0n) is 11.7. The van der Waals surface area contributed by atoms with E-state index in [-0.39, 0.29) is 0 Å². The van der Waals surface area contributed by atoms with E-state index < -0.39 is 0 Å². The summed E-state index contributed by atoms with van der Waals surface area (Å²) < 4.78 is 1.07. The van der Waals surface area contributed by atoms with E-state index in [4.69, 9.17) is 0 Å². The number of quaternary nitrogens is 1. The summed E-state index contributed by atoms with van der Waals surface area (Å²) in [5, 5.41) is 0. The van der Waals surface area contributed by atoms with Crippen LogP contribution in [0.2, 0.25) is 0 Å². The molecule has 0 amide bonds. The molecule has 2 aliphatic carbocycles. The maximum atomic E-state index is 4.44. The van der Waals surface area contributed by atoms with Crippen LogP contribution in [0.4, 0.5) is 0 Å². The maximum absolute atomic E-state index is 4.44. The molecule has 0 aliphatic heterocycles. The van der Waals surface area contributed by atoms with Crippen molar-refractivity contribution in [3.8, 4) is 0 Å². The van der Waals surface area contributed by atoms with Gasteiger partial charge in [0.15, 0.2) is 0 Å². The molecule has 0 radical (unpaired) electrons. The van der Waals surface area contributed by atoms with E-state index in [9.17, 15) is 0 Å². The van der Waals surface area contributed by atoms with Crippen LogP contribution in [-0.2, 0) is 0 Å². The van der Waals surface area contributed by atoms with Gasteiger partial charge in [-0.25, -0.2) is 0 Å². The van der Waals surface area contributed by atoms with Crippen molar-refractivity contribution in [3.63, 3.8) is 0 Å². The Bertz CT molecular complexity index is 295. The average molecular weight is 222 g/mol. The van der Waals surface area contributed by atoms with E-state index in [0.717, 1.165) is 22.2 Å². The zero-order valence-corrected chi connectivity index (χ0v) is 11.7. The molecule has 0 aromatic carbocycles. The zero-order chi connectivity index (χ0) is 12.1. The lowest BCUT2D eigenvalue weighted by Gasteiger charge is -2.44. The fraction of sp³-hybridized carbons (Fsp3) is 0.867. The molecule has 1 nitrogen and oxygen atoms in total. The Balaban J connectivity index is 2.15. The van der Waals surface area contributed by atoms with Gasteiger partial charge in [0.05, 0.1) is 27.7 Å². The summed E-state index contributed by atoms with van der Waals surface area (Å²) in [7, 11) is 6.90. The summed E-state index contributed by atoms with van der Waals surface area (Å²) in [6.45, 7) is 10.6. The molecule has 0 saturated heterocycles. The second-order valence-electron chi connectivity index (χ2n) is 7.63. The van der Waals surface area contributed by atoms with E-state index in [1.54, 1.807) is 5.57 Å². The molecule has 0 heterocycles. The SMILES string of the molecule is C=C1[C@@H](C[N+](C)(C)C)C[C@H]2CC[C@H]1C2(C)C. The quantitative estimate of drug-likeness (QED) is 0.497. The van der Waals surface area contributed by atoms with Gasteiger partial charge in [0.25, 0.3) is 0 Å². The van der Waals surface area contributed by atoms with Gasteiger partial charge >= 0.3 is 0 Å². The molecule has 2 aliphatic rings. The number of fused-ring (bicyclic) bond motifs is 2. The number of rotatable bonds is 2.